The van der Waals surface area contributed by atoms with E-state index in [9.17, 15) is 5.11 Å². The Kier molecular flexibility index (Phi) is 4.32. The van der Waals surface area contributed by atoms with Crippen molar-refractivity contribution in [1.82, 2.24) is 19.3 Å². The van der Waals surface area contributed by atoms with Crippen molar-refractivity contribution in [3.8, 4) is 5.69 Å². The molecule has 1 unspecified atom stereocenters. The van der Waals surface area contributed by atoms with E-state index in [-0.39, 0.29) is 6.61 Å². The van der Waals surface area contributed by atoms with Crippen molar-refractivity contribution in [2.45, 2.75) is 19.1 Å². The summed E-state index contributed by atoms with van der Waals surface area (Å²) in [6.45, 7) is 0.0716. The lowest BCUT2D eigenvalue weighted by atomic mass is 10.2. The van der Waals surface area contributed by atoms with Crippen molar-refractivity contribution < 1.29 is 10.2 Å². The van der Waals surface area contributed by atoms with Gasteiger partial charge in [0, 0.05) is 25.0 Å². The summed E-state index contributed by atoms with van der Waals surface area (Å²) in [6.07, 6.45) is 7.13. The number of hydrogen-bond acceptors (Lipinski definition) is 4. The second kappa shape index (κ2) is 6.55. The normalized spacial score (nSPS) is 12.5. The average Bonchev–Trinajstić information content (AvgIpc) is 3.19. The van der Waals surface area contributed by atoms with E-state index in [1.807, 2.05) is 52.0 Å². The summed E-state index contributed by atoms with van der Waals surface area (Å²) in [5.74, 6) is 0.833. The van der Waals surface area contributed by atoms with Crippen molar-refractivity contribution in [2.75, 3.05) is 6.61 Å². The largest absolute Gasteiger partial charge is 0.394 e. The van der Waals surface area contributed by atoms with E-state index in [1.54, 1.807) is 12.4 Å². The first-order valence-corrected chi connectivity index (χ1v) is 7.14. The number of aliphatic hydroxyl groups is 2. The molecule has 6 nitrogen and oxygen atoms in total. The minimum Gasteiger partial charge on any atom is -0.394 e. The fourth-order valence-corrected chi connectivity index (χ4v) is 2.31. The molecule has 0 amide bonds. The van der Waals surface area contributed by atoms with Crippen molar-refractivity contribution in [3.05, 3.63) is 66.5 Å². The maximum absolute atomic E-state index is 9.56. The summed E-state index contributed by atoms with van der Waals surface area (Å²) in [6, 6.07) is 9.90. The van der Waals surface area contributed by atoms with E-state index in [0.717, 1.165) is 17.1 Å². The second-order valence-electron chi connectivity index (χ2n) is 5.14. The van der Waals surface area contributed by atoms with Crippen LogP contribution in [0.5, 0.6) is 0 Å². The first-order chi connectivity index (χ1) is 10.8. The van der Waals surface area contributed by atoms with Gasteiger partial charge in [-0.25, -0.2) is 9.67 Å². The van der Waals surface area contributed by atoms with Crippen molar-refractivity contribution in [1.29, 1.82) is 0 Å². The highest BCUT2D eigenvalue weighted by atomic mass is 16.3. The molecule has 0 fully saturated rings. The van der Waals surface area contributed by atoms with Crippen LogP contribution in [0.15, 0.2) is 55.1 Å². The van der Waals surface area contributed by atoms with Gasteiger partial charge in [-0.1, -0.05) is 18.2 Å². The van der Waals surface area contributed by atoms with E-state index in [0.29, 0.717) is 13.0 Å². The molecule has 0 bridgehead atoms. The molecule has 0 aliphatic heterocycles. The second-order valence-corrected chi connectivity index (χ2v) is 5.14. The SMILES string of the molecule is OCC(O)Cn1ccnc1Cc1cnn(-c2ccccc2)c1. The smallest absolute Gasteiger partial charge is 0.113 e. The number of imidazole rings is 1. The number of aromatic nitrogens is 4. The summed E-state index contributed by atoms with van der Waals surface area (Å²) >= 11 is 0. The molecule has 2 heterocycles. The molecular weight excluding hydrogens is 280 g/mol. The van der Waals surface area contributed by atoms with Crippen LogP contribution in [0, 0.1) is 0 Å². The third-order valence-electron chi connectivity index (χ3n) is 3.44. The van der Waals surface area contributed by atoms with Crippen molar-refractivity contribution >= 4 is 0 Å². The predicted octanol–water partition coefficient (Wildman–Crippen LogP) is 1.01. The van der Waals surface area contributed by atoms with Gasteiger partial charge in [0.2, 0.25) is 0 Å². The summed E-state index contributed by atoms with van der Waals surface area (Å²) in [5, 5.41) is 22.9. The molecule has 0 saturated carbocycles. The Morgan fingerprint density at radius 3 is 2.77 bits per heavy atom. The van der Waals surface area contributed by atoms with Gasteiger partial charge >= 0.3 is 0 Å². The summed E-state index contributed by atoms with van der Waals surface area (Å²) < 4.78 is 3.67. The maximum Gasteiger partial charge on any atom is 0.113 e. The molecule has 0 saturated heterocycles. The molecule has 0 aliphatic carbocycles. The van der Waals surface area contributed by atoms with Gasteiger partial charge in [0.1, 0.15) is 5.82 Å². The molecule has 0 spiro atoms. The number of aliphatic hydroxyl groups excluding tert-OH is 2. The van der Waals surface area contributed by atoms with Crippen molar-refractivity contribution in [3.63, 3.8) is 0 Å². The van der Waals surface area contributed by atoms with E-state index >= 15 is 0 Å². The van der Waals surface area contributed by atoms with Gasteiger partial charge < -0.3 is 14.8 Å². The molecule has 114 valence electrons. The Hall–Kier alpha value is -2.44. The zero-order valence-electron chi connectivity index (χ0n) is 12.1. The van der Waals surface area contributed by atoms with Crippen molar-refractivity contribution in [2.24, 2.45) is 0 Å². The lowest BCUT2D eigenvalue weighted by Crippen LogP contribution is -2.20. The van der Waals surface area contributed by atoms with Crippen LogP contribution >= 0.6 is 0 Å². The van der Waals surface area contributed by atoms with Gasteiger partial charge in [0.05, 0.1) is 31.1 Å². The zero-order valence-corrected chi connectivity index (χ0v) is 12.1. The number of nitrogens with zero attached hydrogens (tertiary/aromatic N) is 4. The lowest BCUT2D eigenvalue weighted by Gasteiger charge is -2.10. The van der Waals surface area contributed by atoms with Crippen LogP contribution in [0.3, 0.4) is 0 Å². The molecule has 3 rings (SSSR count). The van der Waals surface area contributed by atoms with Gasteiger partial charge in [-0.15, -0.1) is 0 Å². The minimum atomic E-state index is -0.778. The van der Waals surface area contributed by atoms with Gasteiger partial charge in [0.25, 0.3) is 0 Å². The van der Waals surface area contributed by atoms with Crippen LogP contribution < -0.4 is 0 Å². The predicted molar refractivity (Wildman–Crippen MR) is 81.7 cm³/mol. The number of hydrogen-bond donors (Lipinski definition) is 2. The molecular formula is C16H18N4O2. The van der Waals surface area contributed by atoms with E-state index in [2.05, 4.69) is 10.1 Å². The van der Waals surface area contributed by atoms with Crippen LogP contribution in [0.2, 0.25) is 0 Å². The number of benzene rings is 1. The minimum absolute atomic E-state index is 0.260. The molecule has 0 radical (unpaired) electrons. The number of para-hydroxylation sites is 1. The molecule has 0 aliphatic rings. The fraction of sp³-hybridized carbons (Fsp3) is 0.250. The molecule has 1 atom stereocenters. The molecule has 3 aromatic rings. The first-order valence-electron chi connectivity index (χ1n) is 7.14. The molecule has 2 N–H and O–H groups in total. The van der Waals surface area contributed by atoms with Gasteiger partial charge in [-0.05, 0) is 17.7 Å². The Morgan fingerprint density at radius 1 is 1.18 bits per heavy atom. The van der Waals surface area contributed by atoms with E-state index in [1.165, 1.54) is 0 Å². The topological polar surface area (TPSA) is 76.1 Å². The average molecular weight is 298 g/mol. The molecule has 22 heavy (non-hydrogen) atoms. The molecule has 1 aromatic carbocycles. The highest BCUT2D eigenvalue weighted by Gasteiger charge is 2.10. The Balaban J connectivity index is 1.75. The lowest BCUT2D eigenvalue weighted by molar-refractivity contribution is 0.0806. The van der Waals surface area contributed by atoms with E-state index < -0.39 is 6.10 Å². The fourth-order valence-electron chi connectivity index (χ4n) is 2.31. The monoisotopic (exact) mass is 298 g/mol. The van der Waals surface area contributed by atoms with Gasteiger partial charge in [0.15, 0.2) is 0 Å². The molecule has 2 aromatic heterocycles. The Morgan fingerprint density at radius 2 is 2.00 bits per heavy atom. The summed E-state index contributed by atoms with van der Waals surface area (Å²) in [7, 11) is 0. The van der Waals surface area contributed by atoms with Gasteiger partial charge in [-0.3, -0.25) is 0 Å². The summed E-state index contributed by atoms with van der Waals surface area (Å²) in [4.78, 5) is 4.31. The Bertz CT molecular complexity index is 721. The summed E-state index contributed by atoms with van der Waals surface area (Å²) in [5.41, 5.74) is 2.04. The number of rotatable bonds is 6. The third kappa shape index (κ3) is 3.24. The highest BCUT2D eigenvalue weighted by Crippen LogP contribution is 2.11. The maximum atomic E-state index is 9.56. The van der Waals surface area contributed by atoms with Crippen LogP contribution in [-0.4, -0.2) is 42.3 Å². The van der Waals surface area contributed by atoms with Crippen LogP contribution in [-0.2, 0) is 13.0 Å². The van der Waals surface area contributed by atoms with Crippen LogP contribution in [0.1, 0.15) is 11.4 Å². The first kappa shape index (κ1) is 14.5. The van der Waals surface area contributed by atoms with Crippen LogP contribution in [0.4, 0.5) is 0 Å². The highest BCUT2D eigenvalue weighted by molar-refractivity contribution is 5.31. The van der Waals surface area contributed by atoms with E-state index in [4.69, 9.17) is 5.11 Å². The zero-order chi connectivity index (χ0) is 15.4. The standard InChI is InChI=1S/C16H18N4O2/c21-12-15(22)11-19-7-6-17-16(19)8-13-9-18-20(10-13)14-4-2-1-3-5-14/h1-7,9-10,15,21-22H,8,11-12H2. The van der Waals surface area contributed by atoms with Crippen LogP contribution in [0.25, 0.3) is 5.69 Å². The van der Waals surface area contributed by atoms with Gasteiger partial charge in [-0.2, -0.15) is 5.10 Å². The third-order valence-corrected chi connectivity index (χ3v) is 3.44. The Labute approximate surface area is 128 Å². The quantitative estimate of drug-likeness (QED) is 0.712. The molecule has 6 heteroatoms.